The second kappa shape index (κ2) is 20.0. The van der Waals surface area contributed by atoms with E-state index in [1.54, 1.807) is 13.8 Å². The van der Waals surface area contributed by atoms with Crippen LogP contribution in [0.3, 0.4) is 0 Å². The highest BCUT2D eigenvalue weighted by molar-refractivity contribution is 7.80. The first kappa shape index (κ1) is 31.2. The Kier molecular flexibility index (Phi) is 20.8. The molecule has 0 spiro atoms. The standard InChI is InChI=1S/C21H41NO2.CH4O4S/c1-4-5-6-7-8-9-10-11-12-13-14-15-16-17-18-19-20(23)24-21(2,3)22;1-5-6(2,3)4/h11-12H,4-10,13-19,22H2,1-3H3;1H3,(H,2,3,4)/b12-11-;. The molecule has 0 bridgehead atoms. The summed E-state index contributed by atoms with van der Waals surface area (Å²) in [4.78, 5) is 11.5. The van der Waals surface area contributed by atoms with Crippen LogP contribution < -0.4 is 5.73 Å². The first-order chi connectivity index (χ1) is 14.0. The summed E-state index contributed by atoms with van der Waals surface area (Å²) in [6.07, 6.45) is 21.6. The maximum Gasteiger partial charge on any atom is 0.397 e. The number of carbonyl (C=O) groups excluding carboxylic acids is 1. The van der Waals surface area contributed by atoms with E-state index in [0.29, 0.717) is 6.42 Å². The van der Waals surface area contributed by atoms with Gasteiger partial charge in [0.05, 0.1) is 7.11 Å². The number of rotatable bonds is 17. The Bertz CT molecular complexity index is 526. The van der Waals surface area contributed by atoms with E-state index in [0.717, 1.165) is 20.0 Å². The summed E-state index contributed by atoms with van der Waals surface area (Å²) < 4.78 is 34.8. The lowest BCUT2D eigenvalue weighted by Gasteiger charge is -2.19. The van der Waals surface area contributed by atoms with Crippen molar-refractivity contribution in [1.82, 2.24) is 0 Å². The predicted molar refractivity (Wildman–Crippen MR) is 122 cm³/mol. The summed E-state index contributed by atoms with van der Waals surface area (Å²) >= 11 is 0. The van der Waals surface area contributed by atoms with Crippen molar-refractivity contribution in [3.8, 4) is 0 Å². The first-order valence-corrected chi connectivity index (χ1v) is 12.6. The Morgan fingerprint density at radius 2 is 1.30 bits per heavy atom. The van der Waals surface area contributed by atoms with Crippen LogP contribution in [-0.4, -0.2) is 31.8 Å². The zero-order valence-electron chi connectivity index (χ0n) is 19.5. The van der Waals surface area contributed by atoms with Crippen LogP contribution >= 0.6 is 0 Å². The van der Waals surface area contributed by atoms with E-state index in [2.05, 4.69) is 23.3 Å². The van der Waals surface area contributed by atoms with Crippen molar-refractivity contribution in [3.63, 3.8) is 0 Å². The maximum absolute atomic E-state index is 11.5. The van der Waals surface area contributed by atoms with Crippen molar-refractivity contribution in [2.24, 2.45) is 5.73 Å². The molecule has 0 aliphatic heterocycles. The number of ether oxygens (including phenoxy) is 1. The van der Waals surface area contributed by atoms with Crippen LogP contribution in [0.1, 0.15) is 111 Å². The van der Waals surface area contributed by atoms with Gasteiger partial charge in [-0.3, -0.25) is 19.3 Å². The molecule has 180 valence electrons. The Morgan fingerprint density at radius 1 is 0.900 bits per heavy atom. The molecule has 0 saturated heterocycles. The summed E-state index contributed by atoms with van der Waals surface area (Å²) in [7, 11) is -3.29. The second-order valence-electron chi connectivity index (χ2n) is 8.01. The molecule has 0 aliphatic carbocycles. The van der Waals surface area contributed by atoms with Crippen molar-refractivity contribution in [2.45, 2.75) is 116 Å². The van der Waals surface area contributed by atoms with Crippen molar-refractivity contribution < 1.29 is 26.7 Å². The zero-order chi connectivity index (χ0) is 23.3. The lowest BCUT2D eigenvalue weighted by atomic mass is 10.1. The van der Waals surface area contributed by atoms with Crippen LogP contribution in [0.2, 0.25) is 0 Å². The minimum Gasteiger partial charge on any atom is -0.445 e. The number of esters is 1. The lowest BCUT2D eigenvalue weighted by Crippen LogP contribution is -2.37. The van der Waals surface area contributed by atoms with Crippen molar-refractivity contribution in [2.75, 3.05) is 7.11 Å². The summed E-state index contributed by atoms with van der Waals surface area (Å²) in [5, 5.41) is 0. The third-order valence-corrected chi connectivity index (χ3v) is 4.65. The van der Waals surface area contributed by atoms with Crippen molar-refractivity contribution >= 4 is 16.4 Å². The van der Waals surface area contributed by atoms with E-state index in [1.165, 1.54) is 70.6 Å². The van der Waals surface area contributed by atoms with E-state index < -0.39 is 16.1 Å². The Hall–Kier alpha value is -0.960. The van der Waals surface area contributed by atoms with Gasteiger partial charge < -0.3 is 4.74 Å². The summed E-state index contributed by atoms with van der Waals surface area (Å²) in [5.74, 6) is -0.180. The zero-order valence-corrected chi connectivity index (χ0v) is 20.3. The highest BCUT2D eigenvalue weighted by Crippen LogP contribution is 2.11. The van der Waals surface area contributed by atoms with Crippen LogP contribution in [0.25, 0.3) is 0 Å². The molecule has 0 rings (SSSR count). The molecule has 0 saturated carbocycles. The first-order valence-electron chi connectivity index (χ1n) is 11.2. The van der Waals surface area contributed by atoms with Crippen molar-refractivity contribution in [3.05, 3.63) is 12.2 Å². The van der Waals surface area contributed by atoms with Gasteiger partial charge in [0.15, 0.2) is 5.72 Å². The van der Waals surface area contributed by atoms with E-state index in [1.807, 2.05) is 0 Å². The predicted octanol–water partition coefficient (Wildman–Crippen LogP) is 5.70. The molecule has 0 aromatic rings. The molecule has 0 aromatic carbocycles. The molecule has 30 heavy (non-hydrogen) atoms. The minimum atomic E-state index is -4.16. The Balaban J connectivity index is 0. The number of carbonyl (C=O) groups is 1. The van der Waals surface area contributed by atoms with E-state index in [-0.39, 0.29) is 5.97 Å². The monoisotopic (exact) mass is 451 g/mol. The van der Waals surface area contributed by atoms with Crippen LogP contribution in [0, 0.1) is 0 Å². The number of hydrogen-bond acceptors (Lipinski definition) is 6. The third-order valence-electron chi connectivity index (χ3n) is 4.23. The number of nitrogens with two attached hydrogens (primary N) is 1. The molecule has 3 N–H and O–H groups in total. The highest BCUT2D eigenvalue weighted by Gasteiger charge is 2.15. The van der Waals surface area contributed by atoms with Crippen LogP contribution in [-0.2, 0) is 24.1 Å². The minimum absolute atomic E-state index is 0.180. The quantitative estimate of drug-likeness (QED) is 0.0958. The van der Waals surface area contributed by atoms with E-state index in [9.17, 15) is 13.2 Å². The average Bonchev–Trinajstić information content (AvgIpc) is 2.63. The van der Waals surface area contributed by atoms with Crippen molar-refractivity contribution in [1.29, 1.82) is 0 Å². The summed E-state index contributed by atoms with van der Waals surface area (Å²) in [6, 6.07) is 0. The molecule has 0 unspecified atom stereocenters. The normalized spacial score (nSPS) is 11.9. The molecule has 7 nitrogen and oxygen atoms in total. The second-order valence-corrected chi connectivity index (χ2v) is 9.20. The number of allylic oxidation sites excluding steroid dienone is 2. The van der Waals surface area contributed by atoms with Gasteiger partial charge in [0.2, 0.25) is 0 Å². The van der Waals surface area contributed by atoms with Gasteiger partial charge in [-0.1, -0.05) is 70.4 Å². The smallest absolute Gasteiger partial charge is 0.397 e. The van der Waals surface area contributed by atoms with Gasteiger partial charge in [0, 0.05) is 6.42 Å². The maximum atomic E-state index is 11.5. The molecule has 8 heteroatoms. The number of unbranched alkanes of at least 4 members (excludes halogenated alkanes) is 11. The molecular weight excluding hydrogens is 406 g/mol. The van der Waals surface area contributed by atoms with Gasteiger partial charge in [-0.15, -0.1) is 0 Å². The fourth-order valence-electron chi connectivity index (χ4n) is 2.68. The van der Waals surface area contributed by atoms with Crippen LogP contribution in [0.15, 0.2) is 12.2 Å². The van der Waals surface area contributed by atoms with E-state index in [4.69, 9.17) is 15.0 Å². The van der Waals surface area contributed by atoms with Gasteiger partial charge >= 0.3 is 16.4 Å². The largest absolute Gasteiger partial charge is 0.445 e. The average molecular weight is 452 g/mol. The molecule has 0 atom stereocenters. The Labute approximate surface area is 184 Å². The van der Waals surface area contributed by atoms with Gasteiger partial charge in [-0.05, 0) is 46.0 Å². The molecule has 0 aromatic heterocycles. The van der Waals surface area contributed by atoms with Crippen LogP contribution in [0.4, 0.5) is 0 Å². The third kappa shape index (κ3) is 31.7. The summed E-state index contributed by atoms with van der Waals surface area (Å²) in [5.41, 5.74) is 4.79. The van der Waals surface area contributed by atoms with Gasteiger partial charge in [0.1, 0.15) is 0 Å². The lowest BCUT2D eigenvalue weighted by molar-refractivity contribution is -0.156. The molecule has 0 heterocycles. The fraction of sp³-hybridized carbons (Fsp3) is 0.864. The van der Waals surface area contributed by atoms with Gasteiger partial charge in [0.25, 0.3) is 0 Å². The molecule has 0 radical (unpaired) electrons. The van der Waals surface area contributed by atoms with Gasteiger partial charge in [-0.2, -0.15) is 8.42 Å². The number of hydrogen-bond donors (Lipinski definition) is 2. The molecule has 0 fully saturated rings. The fourth-order valence-corrected chi connectivity index (χ4v) is 2.68. The SMILES string of the molecule is CCCCCCCC/C=C\CCCCCCCC(=O)OC(C)(C)N.COS(=O)(=O)O. The topological polar surface area (TPSA) is 116 Å². The van der Waals surface area contributed by atoms with Crippen LogP contribution in [0.5, 0.6) is 0 Å². The Morgan fingerprint density at radius 3 is 1.70 bits per heavy atom. The molecule has 0 amide bonds. The molecule has 0 aliphatic rings. The highest BCUT2D eigenvalue weighted by atomic mass is 32.3. The van der Waals surface area contributed by atoms with E-state index >= 15 is 0 Å². The summed E-state index contributed by atoms with van der Waals surface area (Å²) in [6.45, 7) is 5.66. The molecular formula is C22H45NO6S. The van der Waals surface area contributed by atoms with Gasteiger partial charge in [-0.25, -0.2) is 0 Å².